The molecule has 0 spiro atoms. The van der Waals surface area contributed by atoms with Gasteiger partial charge in [0.1, 0.15) is 10.1 Å². The Balaban J connectivity index is 1.74. The Hall–Kier alpha value is -2.44. The second-order valence-corrected chi connectivity index (χ2v) is 8.33. The van der Waals surface area contributed by atoms with Gasteiger partial charge < -0.3 is 4.57 Å². The van der Waals surface area contributed by atoms with E-state index in [2.05, 4.69) is 0 Å². The summed E-state index contributed by atoms with van der Waals surface area (Å²) in [5.74, 6) is -0.259. The van der Waals surface area contributed by atoms with Gasteiger partial charge in [-0.3, -0.25) is 9.69 Å². The maximum atomic E-state index is 14.1. The number of benzene rings is 2. The molecule has 2 aromatic carbocycles. The van der Waals surface area contributed by atoms with Crippen LogP contribution in [0.5, 0.6) is 0 Å². The van der Waals surface area contributed by atoms with Crippen LogP contribution < -0.4 is 0 Å². The van der Waals surface area contributed by atoms with Gasteiger partial charge in [0.05, 0.1) is 11.4 Å². The minimum Gasteiger partial charge on any atom is -0.342 e. The molecule has 1 aliphatic heterocycles. The summed E-state index contributed by atoms with van der Waals surface area (Å²) in [6.07, 6.45) is 4.74. The fourth-order valence-electron chi connectivity index (χ4n) is 3.39. The van der Waals surface area contributed by atoms with Crippen molar-refractivity contribution in [2.24, 2.45) is 0 Å². The lowest BCUT2D eigenvalue weighted by Gasteiger charge is -2.11. The molecule has 1 aliphatic rings. The van der Waals surface area contributed by atoms with Crippen LogP contribution >= 0.6 is 24.0 Å². The van der Waals surface area contributed by atoms with Crippen molar-refractivity contribution in [2.75, 3.05) is 6.54 Å². The standard InChI is InChI=1S/C22H19FN2OS2/c1-2-11-25-21(26)20(28-22(25)27)12-16-14-24(19-10-6-4-8-17(16)19)13-15-7-3-5-9-18(15)23/h3-10,12,14H,2,11,13H2,1H3/b20-12+. The zero-order chi connectivity index (χ0) is 19.7. The topological polar surface area (TPSA) is 25.2 Å². The van der Waals surface area contributed by atoms with Crippen LogP contribution in [0.1, 0.15) is 24.5 Å². The first kappa shape index (κ1) is 18.9. The number of hydrogen-bond acceptors (Lipinski definition) is 3. The van der Waals surface area contributed by atoms with Gasteiger partial charge in [-0.1, -0.05) is 67.3 Å². The van der Waals surface area contributed by atoms with Gasteiger partial charge in [0.15, 0.2) is 0 Å². The van der Waals surface area contributed by atoms with Crippen LogP contribution in [-0.4, -0.2) is 26.2 Å². The molecule has 0 atom stereocenters. The number of amides is 1. The molecule has 0 saturated carbocycles. The number of thioether (sulfide) groups is 1. The number of thiocarbonyl (C=S) groups is 1. The molecule has 28 heavy (non-hydrogen) atoms. The predicted octanol–water partition coefficient (Wildman–Crippen LogP) is 5.44. The summed E-state index contributed by atoms with van der Waals surface area (Å²) in [7, 11) is 0. The molecule has 3 aromatic rings. The van der Waals surface area contributed by atoms with E-state index in [9.17, 15) is 9.18 Å². The van der Waals surface area contributed by atoms with Gasteiger partial charge in [-0.25, -0.2) is 4.39 Å². The SMILES string of the molecule is CCCN1C(=O)/C(=C\c2cn(Cc3ccccc3F)c3ccccc23)SC1=S. The zero-order valence-electron chi connectivity index (χ0n) is 15.4. The van der Waals surface area contributed by atoms with Gasteiger partial charge in [-0.2, -0.15) is 0 Å². The molecule has 3 nitrogen and oxygen atoms in total. The van der Waals surface area contributed by atoms with Crippen LogP contribution in [0.15, 0.2) is 59.6 Å². The van der Waals surface area contributed by atoms with Crippen molar-refractivity contribution in [3.63, 3.8) is 0 Å². The molecule has 4 rings (SSSR count). The molecular formula is C22H19FN2OS2. The molecule has 0 unspecified atom stereocenters. The highest BCUT2D eigenvalue weighted by atomic mass is 32.2. The Morgan fingerprint density at radius 3 is 2.68 bits per heavy atom. The Labute approximate surface area is 172 Å². The minimum absolute atomic E-state index is 0.0391. The first-order chi connectivity index (χ1) is 13.6. The maximum absolute atomic E-state index is 14.1. The molecule has 1 fully saturated rings. The van der Waals surface area contributed by atoms with Crippen LogP contribution in [-0.2, 0) is 11.3 Å². The number of fused-ring (bicyclic) bond motifs is 1. The van der Waals surface area contributed by atoms with Crippen LogP contribution in [0.3, 0.4) is 0 Å². The molecule has 0 bridgehead atoms. The summed E-state index contributed by atoms with van der Waals surface area (Å²) >= 11 is 6.70. The van der Waals surface area contributed by atoms with Crippen molar-refractivity contribution < 1.29 is 9.18 Å². The highest BCUT2D eigenvalue weighted by Gasteiger charge is 2.31. The molecule has 6 heteroatoms. The smallest absolute Gasteiger partial charge is 0.266 e. The van der Waals surface area contributed by atoms with E-state index in [0.29, 0.717) is 27.9 Å². The van der Waals surface area contributed by atoms with E-state index >= 15 is 0 Å². The molecule has 142 valence electrons. The number of rotatable bonds is 5. The number of carbonyl (C=O) groups is 1. The summed E-state index contributed by atoms with van der Waals surface area (Å²) in [4.78, 5) is 15.0. The number of aromatic nitrogens is 1. The summed E-state index contributed by atoms with van der Waals surface area (Å²) in [6, 6.07) is 14.8. The third-order valence-electron chi connectivity index (χ3n) is 4.73. The Morgan fingerprint density at radius 2 is 1.89 bits per heavy atom. The Bertz CT molecular complexity index is 1100. The minimum atomic E-state index is -0.220. The fraction of sp³-hybridized carbons (Fsp3) is 0.182. The summed E-state index contributed by atoms with van der Waals surface area (Å²) in [5, 5.41) is 1.03. The maximum Gasteiger partial charge on any atom is 0.266 e. The highest BCUT2D eigenvalue weighted by molar-refractivity contribution is 8.26. The van der Waals surface area contributed by atoms with E-state index in [0.717, 1.165) is 22.9 Å². The summed E-state index contributed by atoms with van der Waals surface area (Å²) in [6.45, 7) is 3.09. The lowest BCUT2D eigenvalue weighted by molar-refractivity contribution is -0.122. The van der Waals surface area contributed by atoms with E-state index in [4.69, 9.17) is 12.2 Å². The quantitative estimate of drug-likeness (QED) is 0.414. The van der Waals surface area contributed by atoms with Crippen molar-refractivity contribution in [1.82, 2.24) is 9.47 Å². The van der Waals surface area contributed by atoms with Crippen LogP contribution in [0.25, 0.3) is 17.0 Å². The van der Waals surface area contributed by atoms with Gasteiger partial charge in [-0.05, 0) is 24.6 Å². The van der Waals surface area contributed by atoms with E-state index < -0.39 is 0 Å². The number of halogens is 1. The van der Waals surface area contributed by atoms with Gasteiger partial charge in [-0.15, -0.1) is 0 Å². The van der Waals surface area contributed by atoms with Crippen molar-refractivity contribution >= 4 is 51.2 Å². The normalized spacial score (nSPS) is 15.9. The molecule has 1 aromatic heterocycles. The molecule has 1 amide bonds. The third-order valence-corrected chi connectivity index (χ3v) is 6.10. The molecule has 1 saturated heterocycles. The summed E-state index contributed by atoms with van der Waals surface area (Å²) in [5.41, 5.74) is 2.56. The molecule has 2 heterocycles. The van der Waals surface area contributed by atoms with E-state index in [1.165, 1.54) is 17.8 Å². The largest absolute Gasteiger partial charge is 0.342 e. The average molecular weight is 411 g/mol. The lowest BCUT2D eigenvalue weighted by Crippen LogP contribution is -2.28. The summed E-state index contributed by atoms with van der Waals surface area (Å²) < 4.78 is 16.8. The Kier molecular flexibility index (Phi) is 5.33. The monoisotopic (exact) mass is 410 g/mol. The van der Waals surface area contributed by atoms with Gasteiger partial charge >= 0.3 is 0 Å². The van der Waals surface area contributed by atoms with Crippen LogP contribution in [0.2, 0.25) is 0 Å². The lowest BCUT2D eigenvalue weighted by atomic mass is 10.1. The second-order valence-electron chi connectivity index (χ2n) is 6.65. The first-order valence-corrected chi connectivity index (χ1v) is 10.4. The van der Waals surface area contributed by atoms with Gasteiger partial charge in [0.2, 0.25) is 0 Å². The van der Waals surface area contributed by atoms with E-state index in [1.807, 2.05) is 54.1 Å². The van der Waals surface area contributed by atoms with Crippen LogP contribution in [0.4, 0.5) is 4.39 Å². The fourth-order valence-corrected chi connectivity index (χ4v) is 4.69. The Morgan fingerprint density at radius 1 is 1.14 bits per heavy atom. The highest BCUT2D eigenvalue weighted by Crippen LogP contribution is 2.34. The van der Waals surface area contributed by atoms with E-state index in [-0.39, 0.29) is 11.7 Å². The molecule has 0 aliphatic carbocycles. The van der Waals surface area contributed by atoms with Gasteiger partial charge in [0.25, 0.3) is 5.91 Å². The molecule has 0 radical (unpaired) electrons. The number of para-hydroxylation sites is 1. The number of carbonyl (C=O) groups excluding carboxylic acids is 1. The van der Waals surface area contributed by atoms with Crippen molar-refractivity contribution in [3.8, 4) is 0 Å². The molecule has 0 N–H and O–H groups in total. The first-order valence-electron chi connectivity index (χ1n) is 9.15. The second kappa shape index (κ2) is 7.89. The predicted molar refractivity (Wildman–Crippen MR) is 118 cm³/mol. The van der Waals surface area contributed by atoms with Crippen molar-refractivity contribution in [1.29, 1.82) is 0 Å². The molecular weight excluding hydrogens is 391 g/mol. The third kappa shape index (κ3) is 3.50. The number of hydrogen-bond donors (Lipinski definition) is 0. The van der Waals surface area contributed by atoms with Crippen LogP contribution in [0, 0.1) is 5.82 Å². The average Bonchev–Trinajstić information content (AvgIpc) is 3.17. The van der Waals surface area contributed by atoms with Gasteiger partial charge in [0, 0.05) is 34.8 Å². The zero-order valence-corrected chi connectivity index (χ0v) is 17.0. The number of nitrogens with zero attached hydrogens (tertiary/aromatic N) is 2. The van der Waals surface area contributed by atoms with Crippen molar-refractivity contribution in [3.05, 3.63) is 76.6 Å². The van der Waals surface area contributed by atoms with E-state index in [1.54, 1.807) is 17.0 Å². The van der Waals surface area contributed by atoms with Crippen molar-refractivity contribution in [2.45, 2.75) is 19.9 Å².